The van der Waals surface area contributed by atoms with Gasteiger partial charge >= 0.3 is 16.3 Å². The summed E-state index contributed by atoms with van der Waals surface area (Å²) in [5, 5.41) is 10.8. The number of carbonyl (C=O) groups excluding carboxylic acids is 1. The monoisotopic (exact) mass is 543 g/mol. The van der Waals surface area contributed by atoms with Crippen molar-refractivity contribution in [1.82, 2.24) is 20.0 Å². The maximum Gasteiger partial charge on any atom is 0.436 e. The largest absolute Gasteiger partial charge is 0.436 e. The van der Waals surface area contributed by atoms with Crippen molar-refractivity contribution in [2.24, 2.45) is 5.73 Å². The predicted molar refractivity (Wildman–Crippen MR) is 119 cm³/mol. The average molecular weight is 544 g/mol. The van der Waals surface area contributed by atoms with Crippen molar-refractivity contribution >= 4 is 39.0 Å². The van der Waals surface area contributed by atoms with E-state index in [1.54, 1.807) is 24.3 Å². The number of primary amides is 1. The molecule has 2 heterocycles. The van der Waals surface area contributed by atoms with Crippen molar-refractivity contribution in [3.63, 3.8) is 0 Å². The normalized spacial score (nSPS) is 12.1. The molecule has 0 bridgehead atoms. The van der Waals surface area contributed by atoms with Crippen LogP contribution < -0.4 is 5.73 Å². The lowest BCUT2D eigenvalue weighted by Gasteiger charge is -2.05. The van der Waals surface area contributed by atoms with Gasteiger partial charge in [-0.25, -0.2) is 4.68 Å². The van der Waals surface area contributed by atoms with Gasteiger partial charge in [0.05, 0.1) is 12.3 Å². The van der Waals surface area contributed by atoms with Gasteiger partial charge in [0.25, 0.3) is 10.2 Å². The lowest BCUT2D eigenvalue weighted by Crippen LogP contribution is -2.18. The van der Waals surface area contributed by atoms with Crippen molar-refractivity contribution < 1.29 is 30.6 Å². The summed E-state index contributed by atoms with van der Waals surface area (Å²) in [5.41, 5.74) is 2.91. The van der Waals surface area contributed by atoms with Crippen LogP contribution in [0.25, 0.3) is 16.4 Å². The van der Waals surface area contributed by atoms with Crippen molar-refractivity contribution in [2.75, 3.05) is 0 Å². The fraction of sp³-hybridized carbons (Fsp3) is 0.100. The molecule has 0 fully saturated rings. The number of carbonyl (C=O) groups is 1. The SMILES string of the molecule is NC(=O)c1c(C(F)(F)F)nn(-c2ccccc2)c1-c1nnc(S(=O)(=O)OCc2cccc(Cl)c2)s1. The number of amides is 1. The molecule has 0 aliphatic carbocycles. The number of aromatic nitrogens is 4. The summed E-state index contributed by atoms with van der Waals surface area (Å²) in [6, 6.07) is 13.9. The molecule has 2 aromatic carbocycles. The van der Waals surface area contributed by atoms with Gasteiger partial charge in [-0.2, -0.15) is 26.7 Å². The van der Waals surface area contributed by atoms with Crippen LogP contribution in [0, 0.1) is 0 Å². The van der Waals surface area contributed by atoms with Crippen LogP contribution in [0.3, 0.4) is 0 Å². The van der Waals surface area contributed by atoms with E-state index < -0.39 is 43.5 Å². The zero-order chi connectivity index (χ0) is 25.4. The second-order valence-corrected chi connectivity index (χ2v) is 10.1. The maximum atomic E-state index is 13.7. The van der Waals surface area contributed by atoms with E-state index in [1.807, 2.05) is 0 Å². The van der Waals surface area contributed by atoms with Crippen molar-refractivity contribution in [3.05, 3.63) is 76.4 Å². The summed E-state index contributed by atoms with van der Waals surface area (Å²) in [5.74, 6) is -1.42. The van der Waals surface area contributed by atoms with Gasteiger partial charge in [-0.05, 0) is 29.8 Å². The number of nitrogens with zero attached hydrogens (tertiary/aromatic N) is 4. The van der Waals surface area contributed by atoms with Gasteiger partial charge in [0, 0.05) is 5.02 Å². The number of hydrogen-bond acceptors (Lipinski definition) is 8. The Morgan fingerprint density at radius 1 is 1.11 bits per heavy atom. The minimum Gasteiger partial charge on any atom is -0.365 e. The Balaban J connectivity index is 1.79. The minimum absolute atomic E-state index is 0.150. The van der Waals surface area contributed by atoms with Crippen molar-refractivity contribution in [2.45, 2.75) is 17.1 Å². The number of nitrogens with two attached hydrogens (primary N) is 1. The first-order valence-electron chi connectivity index (χ1n) is 9.50. The third-order valence-electron chi connectivity index (χ3n) is 4.49. The van der Waals surface area contributed by atoms with Crippen LogP contribution in [-0.4, -0.2) is 34.3 Å². The first-order valence-corrected chi connectivity index (χ1v) is 12.1. The second kappa shape index (κ2) is 9.37. The topological polar surface area (TPSA) is 130 Å². The van der Waals surface area contributed by atoms with E-state index in [-0.39, 0.29) is 17.3 Å². The molecule has 4 rings (SSSR count). The summed E-state index contributed by atoms with van der Waals surface area (Å²) in [6.45, 7) is -0.371. The highest BCUT2D eigenvalue weighted by Crippen LogP contribution is 2.39. The van der Waals surface area contributed by atoms with Gasteiger partial charge in [0.2, 0.25) is 0 Å². The Bertz CT molecular complexity index is 1500. The lowest BCUT2D eigenvalue weighted by atomic mass is 10.1. The molecule has 182 valence electrons. The molecule has 0 atom stereocenters. The Morgan fingerprint density at radius 2 is 1.83 bits per heavy atom. The summed E-state index contributed by atoms with van der Waals surface area (Å²) in [6.07, 6.45) is -5.03. The summed E-state index contributed by atoms with van der Waals surface area (Å²) in [4.78, 5) is 12.1. The van der Waals surface area contributed by atoms with Crippen LogP contribution in [0.5, 0.6) is 0 Å². The molecule has 2 aromatic heterocycles. The molecule has 0 saturated heterocycles. The predicted octanol–water partition coefficient (Wildman–Crippen LogP) is 4.07. The Morgan fingerprint density at radius 3 is 2.46 bits per heavy atom. The van der Waals surface area contributed by atoms with Crippen LogP contribution in [0.15, 0.2) is 58.9 Å². The highest BCUT2D eigenvalue weighted by molar-refractivity contribution is 7.88. The van der Waals surface area contributed by atoms with Crippen LogP contribution >= 0.6 is 22.9 Å². The molecular formula is C20H13ClF3N5O4S2. The molecule has 0 aliphatic heterocycles. The maximum absolute atomic E-state index is 13.7. The van der Waals surface area contributed by atoms with E-state index in [2.05, 4.69) is 15.3 Å². The standard InChI is InChI=1S/C20H13ClF3N5O4S2/c21-12-6-4-5-11(9-12)10-33-35(31,32)19-27-26-18(34-19)15-14(17(25)30)16(20(22,23)24)28-29(15)13-7-2-1-3-8-13/h1-9H,10H2,(H2,25,30). The number of benzene rings is 2. The summed E-state index contributed by atoms with van der Waals surface area (Å²) < 4.78 is 71.5. The van der Waals surface area contributed by atoms with E-state index >= 15 is 0 Å². The molecule has 0 aliphatic rings. The van der Waals surface area contributed by atoms with E-state index in [1.165, 1.54) is 30.3 Å². The molecule has 0 unspecified atom stereocenters. The molecule has 9 nitrogen and oxygen atoms in total. The van der Waals surface area contributed by atoms with E-state index in [0.717, 1.165) is 4.68 Å². The molecule has 1 amide bonds. The summed E-state index contributed by atoms with van der Waals surface area (Å²) in [7, 11) is -4.46. The third kappa shape index (κ3) is 5.19. The van der Waals surface area contributed by atoms with Gasteiger partial charge in [0.1, 0.15) is 11.3 Å². The van der Waals surface area contributed by atoms with Gasteiger partial charge in [0.15, 0.2) is 10.7 Å². The molecule has 4 aromatic rings. The Labute approximate surface area is 205 Å². The number of rotatable bonds is 7. The first kappa shape index (κ1) is 24.8. The van der Waals surface area contributed by atoms with Crippen molar-refractivity contribution in [1.29, 1.82) is 0 Å². The van der Waals surface area contributed by atoms with Crippen LogP contribution in [0.2, 0.25) is 5.02 Å². The van der Waals surface area contributed by atoms with Crippen LogP contribution in [0.4, 0.5) is 13.2 Å². The van der Waals surface area contributed by atoms with E-state index in [4.69, 9.17) is 21.5 Å². The highest BCUT2D eigenvalue weighted by atomic mass is 35.5. The number of halogens is 4. The van der Waals surface area contributed by atoms with Crippen molar-refractivity contribution in [3.8, 4) is 16.4 Å². The third-order valence-corrected chi connectivity index (χ3v) is 7.25. The van der Waals surface area contributed by atoms with Gasteiger partial charge in [-0.3, -0.25) is 8.98 Å². The summed E-state index contributed by atoms with van der Waals surface area (Å²) >= 11 is 6.27. The first-order chi connectivity index (χ1) is 16.5. The quantitative estimate of drug-likeness (QED) is 0.348. The van der Waals surface area contributed by atoms with Gasteiger partial charge in [-0.15, -0.1) is 10.2 Å². The highest BCUT2D eigenvalue weighted by Gasteiger charge is 2.42. The molecule has 2 N–H and O–H groups in total. The van der Waals surface area contributed by atoms with Crippen LogP contribution in [0.1, 0.15) is 21.6 Å². The average Bonchev–Trinajstić information content (AvgIpc) is 3.44. The number of para-hydroxylation sites is 1. The lowest BCUT2D eigenvalue weighted by molar-refractivity contribution is -0.141. The van der Waals surface area contributed by atoms with E-state index in [9.17, 15) is 26.4 Å². The van der Waals surface area contributed by atoms with Gasteiger partial charge < -0.3 is 5.73 Å². The fourth-order valence-corrected chi connectivity index (χ4v) is 5.18. The molecular weight excluding hydrogens is 531 g/mol. The molecule has 0 saturated carbocycles. The molecule has 0 radical (unpaired) electrons. The Kier molecular flexibility index (Phi) is 6.64. The van der Waals surface area contributed by atoms with E-state index in [0.29, 0.717) is 21.9 Å². The molecule has 0 spiro atoms. The smallest absolute Gasteiger partial charge is 0.365 e. The fourth-order valence-electron chi connectivity index (χ4n) is 3.03. The molecule has 35 heavy (non-hydrogen) atoms. The van der Waals surface area contributed by atoms with Crippen LogP contribution in [-0.2, 0) is 27.1 Å². The zero-order valence-corrected chi connectivity index (χ0v) is 19.6. The Hall–Kier alpha value is -3.33. The zero-order valence-electron chi connectivity index (χ0n) is 17.2. The minimum atomic E-state index is -5.03. The van der Waals surface area contributed by atoms with Gasteiger partial charge in [-0.1, -0.05) is 53.3 Å². The second-order valence-electron chi connectivity index (χ2n) is 6.90. The number of alkyl halides is 3. The molecule has 15 heteroatoms. The number of hydrogen-bond donors (Lipinski definition) is 1.